The fourth-order valence-corrected chi connectivity index (χ4v) is 14.7. The summed E-state index contributed by atoms with van der Waals surface area (Å²) in [7, 11) is -2.30. The van der Waals surface area contributed by atoms with E-state index in [0.717, 1.165) is 0 Å². The molecule has 0 N–H and O–H groups in total. The monoisotopic (exact) mass is 828 g/mol. The standard InChI is InChI=1S/C50H40Si.2ClH.Zr/c1-31-45(43-25-13-17-35-29-27-33-15-5-7-19-37(33)47(35)43)39-21-9-11-23-41(39)49(31)51(3,4)50-32(2)46(40-22-10-12-24-42(40)50)44-26-14-18-36-30-28-34-16-6-8-20-38(34)48(36)44;;;/h5-30,45-46H,1-4H3;2*1H;/q;;;+2/p-2. The predicted octanol–water partition coefficient (Wildman–Crippen LogP) is 7.63. The largest absolute Gasteiger partial charge is 2.00 e. The van der Waals surface area contributed by atoms with Crippen LogP contribution < -0.4 is 24.8 Å². The van der Waals surface area contributed by atoms with Crippen molar-refractivity contribution in [3.8, 4) is 0 Å². The van der Waals surface area contributed by atoms with Crippen LogP contribution in [0.4, 0.5) is 0 Å². The number of fused-ring (bicyclic) bond motifs is 8. The Morgan fingerprint density at radius 2 is 0.704 bits per heavy atom. The molecular formula is C50H40Cl2SiZr. The van der Waals surface area contributed by atoms with Gasteiger partial charge in [0.1, 0.15) is 8.07 Å². The van der Waals surface area contributed by atoms with Gasteiger partial charge < -0.3 is 24.8 Å². The Morgan fingerprint density at radius 1 is 0.370 bits per heavy atom. The summed E-state index contributed by atoms with van der Waals surface area (Å²) in [4.78, 5) is 0. The first-order valence-electron chi connectivity index (χ1n) is 18.4. The van der Waals surface area contributed by atoms with E-state index in [4.69, 9.17) is 0 Å². The zero-order valence-corrected chi connectivity index (χ0v) is 35.9. The quantitative estimate of drug-likeness (QED) is 0.127. The summed E-state index contributed by atoms with van der Waals surface area (Å²) in [6.45, 7) is 10.1. The first-order chi connectivity index (χ1) is 24.9. The molecule has 0 fully saturated rings. The topological polar surface area (TPSA) is 0 Å². The van der Waals surface area contributed by atoms with E-state index in [2.05, 4.69) is 185 Å². The van der Waals surface area contributed by atoms with Crippen molar-refractivity contribution in [2.45, 2.75) is 38.8 Å². The van der Waals surface area contributed by atoms with Crippen molar-refractivity contribution >= 4 is 61.6 Å². The molecule has 0 nitrogen and oxygen atoms in total. The van der Waals surface area contributed by atoms with Gasteiger partial charge in [-0.3, -0.25) is 0 Å². The number of allylic oxidation sites excluding steroid dienone is 2. The average molecular weight is 831 g/mol. The molecular weight excluding hydrogens is 791 g/mol. The Hall–Kier alpha value is -4.04. The molecule has 0 amide bonds. The van der Waals surface area contributed by atoms with Gasteiger partial charge >= 0.3 is 26.2 Å². The first kappa shape index (κ1) is 38.2. The third-order valence-corrected chi connectivity index (χ3v) is 16.0. The fraction of sp³-hybridized carbons (Fsp3) is 0.120. The van der Waals surface area contributed by atoms with Crippen molar-refractivity contribution in [3.63, 3.8) is 0 Å². The van der Waals surface area contributed by atoms with E-state index in [1.165, 1.54) is 87.6 Å². The Labute approximate surface area is 351 Å². The first-order valence-corrected chi connectivity index (χ1v) is 21.4. The molecule has 0 saturated heterocycles. The maximum Gasteiger partial charge on any atom is 2.00 e. The van der Waals surface area contributed by atoms with Crippen molar-refractivity contribution < 1.29 is 51.0 Å². The maximum atomic E-state index is 2.62. The fourth-order valence-electron chi connectivity index (χ4n) is 10.4. The van der Waals surface area contributed by atoms with Crippen molar-refractivity contribution in [1.29, 1.82) is 0 Å². The number of rotatable bonds is 4. The van der Waals surface area contributed by atoms with Crippen LogP contribution in [0.2, 0.25) is 13.1 Å². The van der Waals surface area contributed by atoms with E-state index in [-0.39, 0.29) is 62.9 Å². The Kier molecular flexibility index (Phi) is 10.3. The molecule has 8 aromatic rings. The molecule has 0 aliphatic heterocycles. The van der Waals surface area contributed by atoms with Gasteiger partial charge in [0.25, 0.3) is 0 Å². The van der Waals surface area contributed by atoms with E-state index >= 15 is 0 Å². The van der Waals surface area contributed by atoms with Gasteiger partial charge in [-0.15, -0.1) is 0 Å². The molecule has 0 spiro atoms. The molecule has 2 atom stereocenters. The molecule has 2 unspecified atom stereocenters. The minimum absolute atomic E-state index is 0. The van der Waals surface area contributed by atoms with Crippen LogP contribution >= 0.6 is 0 Å². The van der Waals surface area contributed by atoms with Crippen LogP contribution in [0.15, 0.2) is 169 Å². The Bertz CT molecular complexity index is 2640. The van der Waals surface area contributed by atoms with E-state index in [1.807, 2.05) is 0 Å². The SMILES string of the molecule is CC1=C([Si](C)(C)C2=C(C)C(c3cccc4ccc5ccccc5c34)c3ccccc32)c2ccccc2C1c1cccc2ccc3ccccc3c12.[Cl-].[Cl-].[Zr+2]. The van der Waals surface area contributed by atoms with E-state index in [1.54, 1.807) is 10.4 Å². The number of benzene rings is 8. The molecule has 0 radical (unpaired) electrons. The van der Waals surface area contributed by atoms with Gasteiger partial charge in [-0.1, -0.05) is 182 Å². The summed E-state index contributed by atoms with van der Waals surface area (Å²) < 4.78 is 0. The second kappa shape index (κ2) is 14.6. The van der Waals surface area contributed by atoms with Crippen LogP contribution in [-0.4, -0.2) is 8.07 Å². The minimum Gasteiger partial charge on any atom is -1.00 e. The smallest absolute Gasteiger partial charge is 1.00 e. The van der Waals surface area contributed by atoms with Gasteiger partial charge in [0.2, 0.25) is 0 Å². The molecule has 54 heavy (non-hydrogen) atoms. The summed E-state index contributed by atoms with van der Waals surface area (Å²) in [5.74, 6) is 0.436. The molecule has 0 heterocycles. The van der Waals surface area contributed by atoms with Gasteiger partial charge in [-0.05, 0) is 101 Å². The zero-order chi connectivity index (χ0) is 34.4. The molecule has 0 saturated carbocycles. The van der Waals surface area contributed by atoms with E-state index < -0.39 is 8.07 Å². The molecule has 4 heteroatoms. The van der Waals surface area contributed by atoms with Crippen molar-refractivity contribution in [2.75, 3.05) is 0 Å². The number of hydrogen-bond acceptors (Lipinski definition) is 0. The van der Waals surface area contributed by atoms with Crippen LogP contribution in [0.1, 0.15) is 59.1 Å². The third kappa shape index (κ3) is 5.56. The van der Waals surface area contributed by atoms with Crippen molar-refractivity contribution in [1.82, 2.24) is 0 Å². The molecule has 8 aromatic carbocycles. The zero-order valence-electron chi connectivity index (χ0n) is 30.9. The normalized spacial score (nSPS) is 16.3. The molecule has 10 rings (SSSR count). The predicted molar refractivity (Wildman–Crippen MR) is 222 cm³/mol. The molecule has 0 bridgehead atoms. The Morgan fingerprint density at radius 3 is 1.15 bits per heavy atom. The van der Waals surface area contributed by atoms with Gasteiger partial charge in [0, 0.05) is 11.8 Å². The third-order valence-electron chi connectivity index (χ3n) is 12.2. The van der Waals surface area contributed by atoms with E-state index in [9.17, 15) is 0 Å². The molecule has 2 aliphatic carbocycles. The summed E-state index contributed by atoms with van der Waals surface area (Å²) in [6.07, 6.45) is 0. The summed E-state index contributed by atoms with van der Waals surface area (Å²) in [5.41, 5.74) is 11.7. The second-order valence-electron chi connectivity index (χ2n) is 15.2. The van der Waals surface area contributed by atoms with Gasteiger partial charge in [0.15, 0.2) is 0 Å². The summed E-state index contributed by atoms with van der Waals surface area (Å²) >= 11 is 0. The van der Waals surface area contributed by atoms with Crippen LogP contribution in [0.3, 0.4) is 0 Å². The van der Waals surface area contributed by atoms with Crippen LogP contribution in [0.5, 0.6) is 0 Å². The summed E-state index contributed by atoms with van der Waals surface area (Å²) in [6, 6.07) is 59.5. The molecule has 0 aromatic heterocycles. The Balaban J connectivity index is 0.00000150. The van der Waals surface area contributed by atoms with Crippen LogP contribution in [0.25, 0.3) is 53.5 Å². The summed E-state index contributed by atoms with van der Waals surface area (Å²) in [5, 5.41) is 13.9. The van der Waals surface area contributed by atoms with E-state index in [0.29, 0.717) is 0 Å². The number of hydrogen-bond donors (Lipinski definition) is 0. The van der Waals surface area contributed by atoms with Crippen LogP contribution in [-0.2, 0) is 26.2 Å². The molecule has 262 valence electrons. The minimum atomic E-state index is -2.30. The van der Waals surface area contributed by atoms with Gasteiger partial charge in [0.05, 0.1) is 0 Å². The average Bonchev–Trinajstić information content (AvgIpc) is 3.64. The van der Waals surface area contributed by atoms with Crippen molar-refractivity contribution in [2.24, 2.45) is 0 Å². The second-order valence-corrected chi connectivity index (χ2v) is 19.5. The van der Waals surface area contributed by atoms with Gasteiger partial charge in [-0.2, -0.15) is 0 Å². The van der Waals surface area contributed by atoms with Crippen LogP contribution in [0, 0.1) is 0 Å². The number of halogens is 2. The molecule has 2 aliphatic rings. The van der Waals surface area contributed by atoms with Gasteiger partial charge in [-0.25, -0.2) is 0 Å². The maximum absolute atomic E-state index is 2.62. The van der Waals surface area contributed by atoms with Crippen molar-refractivity contribution in [3.05, 3.63) is 202 Å².